The second kappa shape index (κ2) is 6.61. The minimum atomic E-state index is -3.69. The predicted octanol–water partition coefficient (Wildman–Crippen LogP) is 2.73. The van der Waals surface area contributed by atoms with E-state index in [0.717, 1.165) is 16.8 Å². The van der Waals surface area contributed by atoms with Crippen LogP contribution in [0.4, 0.5) is 5.69 Å². The topological polar surface area (TPSA) is 57.7 Å². The lowest BCUT2D eigenvalue weighted by Gasteiger charge is -2.38. The third kappa shape index (κ3) is 3.32. The summed E-state index contributed by atoms with van der Waals surface area (Å²) in [5.74, 6) is -0.201. The van der Waals surface area contributed by atoms with Crippen molar-refractivity contribution in [1.82, 2.24) is 4.31 Å². The first kappa shape index (κ1) is 17.6. The Morgan fingerprint density at radius 1 is 0.960 bits per heavy atom. The predicted molar refractivity (Wildman–Crippen MR) is 98.1 cm³/mol. The van der Waals surface area contributed by atoms with Gasteiger partial charge in [0.05, 0.1) is 4.90 Å². The number of amides is 1. The van der Waals surface area contributed by atoms with E-state index >= 15 is 0 Å². The molecule has 132 valence electrons. The number of rotatable bonds is 3. The fraction of sp³-hybridized carbons (Fsp3) is 0.316. The van der Waals surface area contributed by atoms with Crippen molar-refractivity contribution >= 4 is 21.6 Å². The van der Waals surface area contributed by atoms with Crippen LogP contribution in [0.15, 0.2) is 53.4 Å². The van der Waals surface area contributed by atoms with E-state index in [0.29, 0.717) is 6.54 Å². The van der Waals surface area contributed by atoms with Crippen molar-refractivity contribution < 1.29 is 13.2 Å². The maximum atomic E-state index is 12.9. The molecule has 6 heteroatoms. The average Bonchev–Trinajstić information content (AvgIpc) is 2.57. The molecule has 25 heavy (non-hydrogen) atoms. The van der Waals surface area contributed by atoms with E-state index in [9.17, 15) is 13.2 Å². The van der Waals surface area contributed by atoms with Gasteiger partial charge in [-0.3, -0.25) is 4.79 Å². The quantitative estimate of drug-likeness (QED) is 0.848. The molecule has 2 aromatic rings. The van der Waals surface area contributed by atoms with Gasteiger partial charge in [0.1, 0.15) is 6.04 Å². The first-order chi connectivity index (χ1) is 11.8. The van der Waals surface area contributed by atoms with Gasteiger partial charge in [0, 0.05) is 18.8 Å². The monoisotopic (exact) mass is 358 g/mol. The van der Waals surface area contributed by atoms with Crippen LogP contribution in [0.25, 0.3) is 0 Å². The van der Waals surface area contributed by atoms with Gasteiger partial charge in [-0.25, -0.2) is 8.42 Å². The SMILES string of the molecule is Cc1ccc(S(=O)(=O)N2CCN(c3cccc(C)c3)C(=O)[C@@H]2C)cc1. The van der Waals surface area contributed by atoms with Gasteiger partial charge in [-0.05, 0) is 50.6 Å². The van der Waals surface area contributed by atoms with Crippen LogP contribution in [0.3, 0.4) is 0 Å². The Labute approximate surface area is 148 Å². The molecule has 1 aliphatic rings. The molecular formula is C19H22N2O3S. The molecule has 0 N–H and O–H groups in total. The van der Waals surface area contributed by atoms with Crippen LogP contribution < -0.4 is 4.90 Å². The molecule has 0 radical (unpaired) electrons. The zero-order valence-corrected chi connectivity index (χ0v) is 15.5. The second-order valence-electron chi connectivity index (χ2n) is 6.43. The van der Waals surface area contributed by atoms with E-state index < -0.39 is 16.1 Å². The molecule has 1 atom stereocenters. The van der Waals surface area contributed by atoms with E-state index in [1.54, 1.807) is 36.1 Å². The maximum absolute atomic E-state index is 12.9. The van der Waals surface area contributed by atoms with Crippen LogP contribution in [-0.4, -0.2) is 37.8 Å². The molecule has 3 rings (SSSR count). The smallest absolute Gasteiger partial charge is 0.245 e. The fourth-order valence-electron chi connectivity index (χ4n) is 3.08. The van der Waals surface area contributed by atoms with Crippen molar-refractivity contribution in [3.8, 4) is 0 Å². The highest BCUT2D eigenvalue weighted by Gasteiger charge is 2.39. The lowest BCUT2D eigenvalue weighted by Crippen LogP contribution is -2.57. The van der Waals surface area contributed by atoms with Crippen molar-refractivity contribution in [3.05, 3.63) is 59.7 Å². The summed E-state index contributed by atoms with van der Waals surface area (Å²) in [5, 5.41) is 0. The molecule has 0 aromatic heterocycles. The number of nitrogens with zero attached hydrogens (tertiary/aromatic N) is 2. The van der Waals surface area contributed by atoms with E-state index in [1.807, 2.05) is 38.1 Å². The number of aryl methyl sites for hydroxylation is 2. The standard InChI is InChI=1S/C19H22N2O3S/c1-14-7-9-18(10-8-14)25(23,24)21-12-11-20(19(22)16(21)3)17-6-4-5-15(2)13-17/h4-10,13,16H,11-12H2,1-3H3/t16-/m0/s1. The number of anilines is 1. The molecule has 1 aliphatic heterocycles. The molecule has 5 nitrogen and oxygen atoms in total. The molecular weight excluding hydrogens is 336 g/mol. The minimum absolute atomic E-state index is 0.201. The van der Waals surface area contributed by atoms with Gasteiger partial charge < -0.3 is 4.90 Å². The average molecular weight is 358 g/mol. The Bertz CT molecular complexity index is 891. The first-order valence-electron chi connectivity index (χ1n) is 8.27. The van der Waals surface area contributed by atoms with E-state index in [1.165, 1.54) is 4.31 Å². The van der Waals surface area contributed by atoms with Crippen LogP contribution in [0, 0.1) is 13.8 Å². The molecule has 1 amide bonds. The summed E-state index contributed by atoms with van der Waals surface area (Å²) in [6, 6.07) is 13.7. The van der Waals surface area contributed by atoms with Crippen LogP contribution >= 0.6 is 0 Å². The zero-order valence-electron chi connectivity index (χ0n) is 14.6. The van der Waals surface area contributed by atoms with Crippen molar-refractivity contribution in [2.75, 3.05) is 18.0 Å². The Balaban J connectivity index is 1.87. The number of carbonyl (C=O) groups excluding carboxylic acids is 1. The van der Waals surface area contributed by atoms with Crippen LogP contribution in [0.5, 0.6) is 0 Å². The summed E-state index contributed by atoms with van der Waals surface area (Å²) in [6.45, 7) is 6.14. The molecule has 1 heterocycles. The number of sulfonamides is 1. The van der Waals surface area contributed by atoms with Gasteiger partial charge in [0.25, 0.3) is 0 Å². The molecule has 0 bridgehead atoms. The van der Waals surface area contributed by atoms with E-state index in [2.05, 4.69) is 0 Å². The third-order valence-electron chi connectivity index (χ3n) is 4.54. The van der Waals surface area contributed by atoms with Gasteiger partial charge in [0.15, 0.2) is 0 Å². The summed E-state index contributed by atoms with van der Waals surface area (Å²) in [6.07, 6.45) is 0. The lowest BCUT2D eigenvalue weighted by molar-refractivity contribution is -0.123. The molecule has 0 saturated carbocycles. The van der Waals surface area contributed by atoms with Gasteiger partial charge >= 0.3 is 0 Å². The molecule has 1 fully saturated rings. The lowest BCUT2D eigenvalue weighted by atomic mass is 10.1. The number of carbonyl (C=O) groups is 1. The summed E-state index contributed by atoms with van der Waals surface area (Å²) in [4.78, 5) is 14.7. The van der Waals surface area contributed by atoms with Gasteiger partial charge in [-0.2, -0.15) is 4.31 Å². The number of hydrogen-bond donors (Lipinski definition) is 0. The van der Waals surface area contributed by atoms with Crippen LogP contribution in [0.2, 0.25) is 0 Å². The Morgan fingerprint density at radius 2 is 1.64 bits per heavy atom. The van der Waals surface area contributed by atoms with Crippen LogP contribution in [0.1, 0.15) is 18.1 Å². The summed E-state index contributed by atoms with van der Waals surface area (Å²) < 4.78 is 27.1. The zero-order chi connectivity index (χ0) is 18.2. The highest BCUT2D eigenvalue weighted by Crippen LogP contribution is 2.26. The van der Waals surface area contributed by atoms with E-state index in [4.69, 9.17) is 0 Å². The number of hydrogen-bond acceptors (Lipinski definition) is 3. The number of benzene rings is 2. The third-order valence-corrected chi connectivity index (χ3v) is 6.52. The second-order valence-corrected chi connectivity index (χ2v) is 8.32. The summed E-state index contributed by atoms with van der Waals surface area (Å²) in [7, 11) is -3.69. The molecule has 0 spiro atoms. The fourth-order valence-corrected chi connectivity index (χ4v) is 4.66. The number of piperazine rings is 1. The highest BCUT2D eigenvalue weighted by molar-refractivity contribution is 7.89. The highest BCUT2D eigenvalue weighted by atomic mass is 32.2. The largest absolute Gasteiger partial charge is 0.310 e. The maximum Gasteiger partial charge on any atom is 0.245 e. The Kier molecular flexibility index (Phi) is 4.67. The summed E-state index contributed by atoms with van der Waals surface area (Å²) in [5.41, 5.74) is 2.87. The Morgan fingerprint density at radius 3 is 2.28 bits per heavy atom. The molecule has 2 aromatic carbocycles. The molecule has 1 saturated heterocycles. The van der Waals surface area contributed by atoms with Crippen molar-refractivity contribution in [2.45, 2.75) is 31.7 Å². The van der Waals surface area contributed by atoms with Gasteiger partial charge in [0.2, 0.25) is 15.9 Å². The summed E-state index contributed by atoms with van der Waals surface area (Å²) >= 11 is 0. The van der Waals surface area contributed by atoms with Gasteiger partial charge in [-0.1, -0.05) is 29.8 Å². The van der Waals surface area contributed by atoms with Crippen molar-refractivity contribution in [1.29, 1.82) is 0 Å². The normalized spacial score (nSPS) is 19.2. The Hall–Kier alpha value is -2.18. The van der Waals surface area contributed by atoms with Crippen molar-refractivity contribution in [2.24, 2.45) is 0 Å². The van der Waals surface area contributed by atoms with E-state index in [-0.39, 0.29) is 17.3 Å². The minimum Gasteiger partial charge on any atom is -0.310 e. The molecule has 0 aliphatic carbocycles. The first-order valence-corrected chi connectivity index (χ1v) is 9.71. The van der Waals surface area contributed by atoms with Crippen molar-refractivity contribution in [3.63, 3.8) is 0 Å². The molecule has 0 unspecified atom stereocenters. The van der Waals surface area contributed by atoms with Crippen LogP contribution in [-0.2, 0) is 14.8 Å². The van der Waals surface area contributed by atoms with Gasteiger partial charge in [-0.15, -0.1) is 0 Å².